The average Bonchev–Trinajstić information content (AvgIpc) is 2.40. The predicted octanol–water partition coefficient (Wildman–Crippen LogP) is 2.71. The van der Waals surface area contributed by atoms with E-state index in [4.69, 9.17) is 14.2 Å². The molecule has 0 radical (unpaired) electrons. The van der Waals surface area contributed by atoms with Crippen molar-refractivity contribution in [2.75, 3.05) is 19.8 Å². The standard InChI is InChI=1S/C16H22O4/c1-14(17)19-10-11-20-16(8-5-9-16)13-18-12-15-6-3-2-4-7-15/h2-4,6-7H,5,8-13H2,1H3. The van der Waals surface area contributed by atoms with Crippen LogP contribution in [-0.4, -0.2) is 31.4 Å². The molecule has 0 unspecified atom stereocenters. The number of hydrogen-bond acceptors (Lipinski definition) is 4. The fourth-order valence-electron chi connectivity index (χ4n) is 2.27. The van der Waals surface area contributed by atoms with Gasteiger partial charge < -0.3 is 14.2 Å². The summed E-state index contributed by atoms with van der Waals surface area (Å²) in [5.74, 6) is -0.267. The molecule has 0 spiro atoms. The van der Waals surface area contributed by atoms with Gasteiger partial charge in [-0.1, -0.05) is 30.3 Å². The van der Waals surface area contributed by atoms with Crippen LogP contribution >= 0.6 is 0 Å². The second kappa shape index (κ2) is 7.41. The maximum Gasteiger partial charge on any atom is 0.302 e. The lowest BCUT2D eigenvalue weighted by molar-refractivity contribution is -0.162. The SMILES string of the molecule is CC(=O)OCCOC1(COCc2ccccc2)CCC1. The largest absolute Gasteiger partial charge is 0.463 e. The van der Waals surface area contributed by atoms with Crippen molar-refractivity contribution in [1.82, 2.24) is 0 Å². The smallest absolute Gasteiger partial charge is 0.302 e. The van der Waals surface area contributed by atoms with Crippen LogP contribution in [0.15, 0.2) is 30.3 Å². The Morgan fingerprint density at radius 2 is 1.95 bits per heavy atom. The van der Waals surface area contributed by atoms with E-state index >= 15 is 0 Å². The van der Waals surface area contributed by atoms with E-state index in [1.165, 1.54) is 18.9 Å². The van der Waals surface area contributed by atoms with Crippen LogP contribution in [0.3, 0.4) is 0 Å². The molecule has 1 aliphatic rings. The molecule has 0 aliphatic heterocycles. The maximum absolute atomic E-state index is 10.7. The van der Waals surface area contributed by atoms with Crippen LogP contribution in [0.2, 0.25) is 0 Å². The van der Waals surface area contributed by atoms with E-state index < -0.39 is 0 Å². The van der Waals surface area contributed by atoms with Gasteiger partial charge in [-0.2, -0.15) is 0 Å². The van der Waals surface area contributed by atoms with Gasteiger partial charge in [0.25, 0.3) is 0 Å². The summed E-state index contributed by atoms with van der Waals surface area (Å²) in [4.78, 5) is 10.7. The van der Waals surface area contributed by atoms with Crippen molar-refractivity contribution in [1.29, 1.82) is 0 Å². The van der Waals surface area contributed by atoms with Gasteiger partial charge in [-0.15, -0.1) is 0 Å². The second-order valence-electron chi connectivity index (χ2n) is 5.20. The zero-order chi connectivity index (χ0) is 14.3. The molecule has 110 valence electrons. The van der Waals surface area contributed by atoms with E-state index in [1.54, 1.807) is 0 Å². The minimum atomic E-state index is -0.267. The molecule has 0 aromatic heterocycles. The lowest BCUT2D eigenvalue weighted by Gasteiger charge is -2.41. The molecule has 0 amide bonds. The van der Waals surface area contributed by atoms with E-state index in [1.807, 2.05) is 18.2 Å². The van der Waals surface area contributed by atoms with Crippen LogP contribution in [0.25, 0.3) is 0 Å². The van der Waals surface area contributed by atoms with Crippen LogP contribution < -0.4 is 0 Å². The highest BCUT2D eigenvalue weighted by Crippen LogP contribution is 2.36. The van der Waals surface area contributed by atoms with E-state index in [2.05, 4.69) is 12.1 Å². The fraction of sp³-hybridized carbons (Fsp3) is 0.562. The lowest BCUT2D eigenvalue weighted by Crippen LogP contribution is -2.45. The molecule has 4 nitrogen and oxygen atoms in total. The topological polar surface area (TPSA) is 44.8 Å². The minimum absolute atomic E-state index is 0.172. The maximum atomic E-state index is 10.7. The molecule has 0 bridgehead atoms. The molecule has 0 N–H and O–H groups in total. The van der Waals surface area contributed by atoms with Gasteiger partial charge in [0.05, 0.1) is 25.4 Å². The first-order chi connectivity index (χ1) is 9.70. The molecule has 20 heavy (non-hydrogen) atoms. The highest BCUT2D eigenvalue weighted by Gasteiger charge is 2.38. The first-order valence-electron chi connectivity index (χ1n) is 7.09. The van der Waals surface area contributed by atoms with Gasteiger partial charge in [0.1, 0.15) is 6.61 Å². The monoisotopic (exact) mass is 278 g/mol. The lowest BCUT2D eigenvalue weighted by atomic mass is 9.80. The summed E-state index contributed by atoms with van der Waals surface area (Å²) in [7, 11) is 0. The molecule has 0 heterocycles. The summed E-state index contributed by atoms with van der Waals surface area (Å²) in [6.45, 7) is 3.37. The number of esters is 1. The van der Waals surface area contributed by atoms with Crippen molar-refractivity contribution in [2.24, 2.45) is 0 Å². The quantitative estimate of drug-likeness (QED) is 0.542. The highest BCUT2D eigenvalue weighted by atomic mass is 16.6. The third-order valence-corrected chi connectivity index (χ3v) is 3.54. The third kappa shape index (κ3) is 4.62. The zero-order valence-electron chi connectivity index (χ0n) is 12.0. The first-order valence-corrected chi connectivity index (χ1v) is 7.09. The van der Waals surface area contributed by atoms with Gasteiger partial charge in [-0.3, -0.25) is 4.79 Å². The summed E-state index contributed by atoms with van der Waals surface area (Å²) < 4.78 is 16.5. The van der Waals surface area contributed by atoms with Crippen LogP contribution in [0.5, 0.6) is 0 Å². The van der Waals surface area contributed by atoms with Crippen molar-refractivity contribution in [3.8, 4) is 0 Å². The minimum Gasteiger partial charge on any atom is -0.463 e. The number of carbonyl (C=O) groups excluding carboxylic acids is 1. The molecule has 1 aliphatic carbocycles. The normalized spacial score (nSPS) is 16.4. The molecule has 0 saturated heterocycles. The first kappa shape index (κ1) is 15.0. The molecule has 0 atom stereocenters. The predicted molar refractivity (Wildman–Crippen MR) is 75.3 cm³/mol. The summed E-state index contributed by atoms with van der Waals surface area (Å²) in [6.07, 6.45) is 3.20. The van der Waals surface area contributed by atoms with Gasteiger partial charge in [-0.05, 0) is 24.8 Å². The van der Waals surface area contributed by atoms with Crippen LogP contribution in [-0.2, 0) is 25.6 Å². The average molecular weight is 278 g/mol. The molecular weight excluding hydrogens is 256 g/mol. The van der Waals surface area contributed by atoms with Gasteiger partial charge in [0.15, 0.2) is 0 Å². The number of hydrogen-bond donors (Lipinski definition) is 0. The second-order valence-corrected chi connectivity index (χ2v) is 5.20. The Hall–Kier alpha value is -1.39. The number of benzene rings is 1. The van der Waals surface area contributed by atoms with Crippen molar-refractivity contribution >= 4 is 5.97 Å². The third-order valence-electron chi connectivity index (χ3n) is 3.54. The Morgan fingerprint density at radius 1 is 1.20 bits per heavy atom. The zero-order valence-corrected chi connectivity index (χ0v) is 12.0. The Morgan fingerprint density at radius 3 is 2.55 bits per heavy atom. The molecule has 1 saturated carbocycles. The van der Waals surface area contributed by atoms with Crippen molar-refractivity contribution in [2.45, 2.75) is 38.4 Å². The summed E-state index contributed by atoms with van der Waals surface area (Å²) in [6, 6.07) is 10.1. The molecule has 1 aromatic carbocycles. The van der Waals surface area contributed by atoms with Crippen molar-refractivity contribution < 1.29 is 19.0 Å². The van der Waals surface area contributed by atoms with Crippen LogP contribution in [0.1, 0.15) is 31.7 Å². The van der Waals surface area contributed by atoms with E-state index in [9.17, 15) is 4.79 Å². The molecule has 1 aromatic rings. The fourth-order valence-corrected chi connectivity index (χ4v) is 2.27. The van der Waals surface area contributed by atoms with Gasteiger partial charge in [0, 0.05) is 6.92 Å². The molecular formula is C16H22O4. The summed E-state index contributed by atoms with van der Waals surface area (Å²) in [5.41, 5.74) is 0.997. The summed E-state index contributed by atoms with van der Waals surface area (Å²) >= 11 is 0. The number of rotatable bonds is 8. The van der Waals surface area contributed by atoms with E-state index in [-0.39, 0.29) is 11.6 Å². The Balaban J connectivity index is 1.67. The Kier molecular flexibility index (Phi) is 5.56. The Bertz CT molecular complexity index is 412. The van der Waals surface area contributed by atoms with E-state index in [0.717, 1.165) is 12.8 Å². The van der Waals surface area contributed by atoms with Crippen molar-refractivity contribution in [3.63, 3.8) is 0 Å². The number of carbonyl (C=O) groups is 1. The van der Waals surface area contributed by atoms with Gasteiger partial charge in [0.2, 0.25) is 0 Å². The van der Waals surface area contributed by atoms with Crippen LogP contribution in [0, 0.1) is 0 Å². The van der Waals surface area contributed by atoms with Gasteiger partial charge in [-0.25, -0.2) is 0 Å². The highest BCUT2D eigenvalue weighted by molar-refractivity contribution is 5.65. The number of ether oxygens (including phenoxy) is 3. The van der Waals surface area contributed by atoms with Crippen molar-refractivity contribution in [3.05, 3.63) is 35.9 Å². The van der Waals surface area contributed by atoms with Gasteiger partial charge >= 0.3 is 5.97 Å². The molecule has 2 rings (SSSR count). The molecule has 4 heteroatoms. The molecule has 1 fully saturated rings. The van der Waals surface area contributed by atoms with Crippen LogP contribution in [0.4, 0.5) is 0 Å². The summed E-state index contributed by atoms with van der Waals surface area (Å²) in [5, 5.41) is 0. The van der Waals surface area contributed by atoms with E-state index in [0.29, 0.717) is 26.4 Å². The Labute approximate surface area is 120 Å².